The molecule has 160 valence electrons. The third-order valence-corrected chi connectivity index (χ3v) is 5.49. The molecule has 1 N–H and O–H groups in total. The first-order chi connectivity index (χ1) is 15.2. The molecule has 1 aliphatic rings. The van der Waals surface area contributed by atoms with Crippen molar-refractivity contribution in [1.82, 2.24) is 29.3 Å². The molecule has 4 aromatic rings. The van der Waals surface area contributed by atoms with Gasteiger partial charge in [-0.15, -0.1) is 0 Å². The normalized spacial score (nSPS) is 15.5. The zero-order valence-electron chi connectivity index (χ0n) is 17.6. The van der Waals surface area contributed by atoms with Gasteiger partial charge < -0.3 is 19.3 Å². The summed E-state index contributed by atoms with van der Waals surface area (Å²) in [5.74, 6) is 1.81. The highest BCUT2D eigenvalue weighted by molar-refractivity contribution is 5.85. The molecule has 1 atom stereocenters. The Balaban J connectivity index is 1.67. The van der Waals surface area contributed by atoms with E-state index in [0.29, 0.717) is 42.7 Å². The van der Waals surface area contributed by atoms with Crippen molar-refractivity contribution in [3.8, 4) is 17.1 Å². The number of anilines is 1. The Morgan fingerprint density at radius 2 is 1.84 bits per heavy atom. The van der Waals surface area contributed by atoms with Crippen LogP contribution in [0.3, 0.4) is 0 Å². The summed E-state index contributed by atoms with van der Waals surface area (Å²) in [6, 6.07) is 10.1. The van der Waals surface area contributed by atoms with Crippen LogP contribution in [-0.2, 0) is 11.3 Å². The monoisotopic (exact) mass is 419 g/mol. The van der Waals surface area contributed by atoms with E-state index >= 15 is 0 Å². The second-order valence-corrected chi connectivity index (χ2v) is 7.55. The Labute approximate surface area is 179 Å². The lowest BCUT2D eigenvalue weighted by Crippen LogP contribution is -2.37. The number of imidazole rings is 1. The molecule has 0 aliphatic carbocycles. The molecule has 31 heavy (non-hydrogen) atoms. The fourth-order valence-corrected chi connectivity index (χ4v) is 3.93. The first kappa shape index (κ1) is 19.7. The number of ether oxygens (including phenoxy) is 1. The Hall–Kier alpha value is -3.30. The van der Waals surface area contributed by atoms with Crippen molar-refractivity contribution >= 4 is 17.0 Å². The van der Waals surface area contributed by atoms with E-state index in [0.717, 1.165) is 30.0 Å². The molecule has 9 nitrogen and oxygen atoms in total. The second kappa shape index (κ2) is 8.09. The summed E-state index contributed by atoms with van der Waals surface area (Å²) in [5.41, 5.74) is 3.46. The average molecular weight is 419 g/mol. The number of fused-ring (bicyclic) bond motifs is 1. The molecular weight excluding hydrogens is 394 g/mol. The first-order valence-electron chi connectivity index (χ1n) is 10.5. The zero-order valence-corrected chi connectivity index (χ0v) is 17.6. The molecular formula is C22H25N7O2. The molecule has 1 fully saturated rings. The summed E-state index contributed by atoms with van der Waals surface area (Å²) < 4.78 is 9.16. The van der Waals surface area contributed by atoms with E-state index in [-0.39, 0.29) is 0 Å². The zero-order chi connectivity index (χ0) is 21.4. The van der Waals surface area contributed by atoms with Crippen LogP contribution in [0, 0.1) is 0 Å². The largest absolute Gasteiger partial charge is 0.385 e. The molecule has 0 radical (unpaired) electrons. The summed E-state index contributed by atoms with van der Waals surface area (Å²) >= 11 is 0. The van der Waals surface area contributed by atoms with Gasteiger partial charge in [-0.3, -0.25) is 0 Å². The highest BCUT2D eigenvalue weighted by atomic mass is 16.5. The quantitative estimate of drug-likeness (QED) is 0.531. The predicted octanol–water partition coefficient (Wildman–Crippen LogP) is 2.59. The number of nitrogens with zero attached hydrogens (tertiary/aromatic N) is 7. The lowest BCUT2D eigenvalue weighted by atomic mass is 10.1. The maximum atomic E-state index is 10.3. The van der Waals surface area contributed by atoms with Gasteiger partial charge in [-0.25, -0.2) is 9.67 Å². The van der Waals surface area contributed by atoms with Gasteiger partial charge >= 0.3 is 0 Å². The Morgan fingerprint density at radius 3 is 2.55 bits per heavy atom. The number of hydrogen-bond acceptors (Lipinski definition) is 7. The van der Waals surface area contributed by atoms with E-state index in [1.54, 1.807) is 11.6 Å². The van der Waals surface area contributed by atoms with Crippen molar-refractivity contribution in [2.75, 3.05) is 31.2 Å². The lowest BCUT2D eigenvalue weighted by Gasteiger charge is -2.28. The number of hydrogen-bond donors (Lipinski definition) is 1. The molecule has 1 saturated heterocycles. The van der Waals surface area contributed by atoms with Gasteiger partial charge in [-0.05, 0) is 19.4 Å². The Bertz CT molecular complexity index is 1190. The molecule has 0 spiro atoms. The van der Waals surface area contributed by atoms with Crippen molar-refractivity contribution in [1.29, 1.82) is 0 Å². The lowest BCUT2D eigenvalue weighted by molar-refractivity contribution is 0.122. The summed E-state index contributed by atoms with van der Waals surface area (Å²) in [6.45, 7) is 7.10. The number of morpholine rings is 1. The van der Waals surface area contributed by atoms with E-state index in [9.17, 15) is 5.11 Å². The predicted molar refractivity (Wildman–Crippen MR) is 117 cm³/mol. The van der Waals surface area contributed by atoms with E-state index < -0.39 is 6.10 Å². The second-order valence-electron chi connectivity index (χ2n) is 7.55. The van der Waals surface area contributed by atoms with Gasteiger partial charge in [0.2, 0.25) is 0 Å². The number of aliphatic hydroxyl groups is 1. The highest BCUT2D eigenvalue weighted by Gasteiger charge is 2.24. The summed E-state index contributed by atoms with van der Waals surface area (Å²) in [5, 5.41) is 14.8. The minimum absolute atomic E-state index is 0.475. The molecule has 1 aromatic carbocycles. The molecule has 4 heterocycles. The Kier molecular flexibility index (Phi) is 5.13. The van der Waals surface area contributed by atoms with Gasteiger partial charge in [0.05, 0.1) is 19.4 Å². The van der Waals surface area contributed by atoms with Crippen LogP contribution < -0.4 is 4.90 Å². The third-order valence-electron chi connectivity index (χ3n) is 5.49. The molecule has 0 bridgehead atoms. The summed E-state index contributed by atoms with van der Waals surface area (Å²) in [7, 11) is 0. The number of aryl methyl sites for hydroxylation is 1. The summed E-state index contributed by atoms with van der Waals surface area (Å²) in [6.07, 6.45) is 3.04. The number of rotatable bonds is 5. The number of aromatic nitrogens is 6. The standard InChI is InChI=1S/C22H25N7O2/c1-3-28-19(15(2)30)24-18-20(27-9-11-31-12-10-27)25-22(26-21(18)28)29-14-17(13-23-29)16-7-5-4-6-8-16/h4-8,13-15,30H,3,9-12H2,1-2H3. The van der Waals surface area contributed by atoms with Gasteiger partial charge in [-0.1, -0.05) is 30.3 Å². The van der Waals surface area contributed by atoms with Gasteiger partial charge in [0, 0.05) is 31.4 Å². The molecule has 1 aliphatic heterocycles. The highest BCUT2D eigenvalue weighted by Crippen LogP contribution is 2.29. The molecule has 9 heteroatoms. The molecule has 1 unspecified atom stereocenters. The van der Waals surface area contributed by atoms with Crippen LogP contribution in [0.25, 0.3) is 28.2 Å². The van der Waals surface area contributed by atoms with Gasteiger partial charge in [0.15, 0.2) is 17.0 Å². The van der Waals surface area contributed by atoms with Crippen LogP contribution >= 0.6 is 0 Å². The fraction of sp³-hybridized carbons (Fsp3) is 0.364. The van der Waals surface area contributed by atoms with Crippen molar-refractivity contribution in [3.05, 3.63) is 48.5 Å². The summed E-state index contributed by atoms with van der Waals surface area (Å²) in [4.78, 5) is 16.5. The van der Waals surface area contributed by atoms with Gasteiger partial charge in [-0.2, -0.15) is 15.1 Å². The molecule has 3 aromatic heterocycles. The maximum absolute atomic E-state index is 10.3. The smallest absolute Gasteiger partial charge is 0.254 e. The van der Waals surface area contributed by atoms with Crippen molar-refractivity contribution < 1.29 is 9.84 Å². The SMILES string of the molecule is CCn1c(C(C)O)nc2c(N3CCOCC3)nc(-n3cc(-c4ccccc4)cn3)nc21. The van der Waals surface area contributed by atoms with Crippen LogP contribution in [0.4, 0.5) is 5.82 Å². The topological polar surface area (TPSA) is 94.1 Å². The maximum Gasteiger partial charge on any atom is 0.254 e. The van der Waals surface area contributed by atoms with E-state index in [1.165, 1.54) is 0 Å². The minimum Gasteiger partial charge on any atom is -0.385 e. The first-order valence-corrected chi connectivity index (χ1v) is 10.5. The van der Waals surface area contributed by atoms with E-state index in [2.05, 4.69) is 10.00 Å². The van der Waals surface area contributed by atoms with Gasteiger partial charge in [0.25, 0.3) is 5.95 Å². The van der Waals surface area contributed by atoms with Crippen LogP contribution in [0.5, 0.6) is 0 Å². The van der Waals surface area contributed by atoms with Crippen LogP contribution in [0.2, 0.25) is 0 Å². The van der Waals surface area contributed by atoms with E-state index in [1.807, 2.05) is 54.2 Å². The van der Waals surface area contributed by atoms with Crippen molar-refractivity contribution in [3.63, 3.8) is 0 Å². The molecule has 0 saturated carbocycles. The fourth-order valence-electron chi connectivity index (χ4n) is 3.93. The Morgan fingerprint density at radius 1 is 1.06 bits per heavy atom. The number of aliphatic hydroxyl groups excluding tert-OH is 1. The van der Waals surface area contributed by atoms with Crippen LogP contribution in [0.1, 0.15) is 25.8 Å². The van der Waals surface area contributed by atoms with Crippen molar-refractivity contribution in [2.45, 2.75) is 26.5 Å². The average Bonchev–Trinajstić information content (AvgIpc) is 3.45. The van der Waals surface area contributed by atoms with E-state index in [4.69, 9.17) is 19.7 Å². The van der Waals surface area contributed by atoms with Crippen molar-refractivity contribution in [2.24, 2.45) is 0 Å². The minimum atomic E-state index is -0.704. The molecule has 0 amide bonds. The van der Waals surface area contributed by atoms with Crippen LogP contribution in [0.15, 0.2) is 42.7 Å². The molecule has 5 rings (SSSR count). The number of benzene rings is 1. The van der Waals surface area contributed by atoms with Crippen LogP contribution in [-0.4, -0.2) is 60.7 Å². The van der Waals surface area contributed by atoms with Gasteiger partial charge in [0.1, 0.15) is 11.9 Å². The third kappa shape index (κ3) is 3.55.